The fraction of sp³-hybridized carbons (Fsp3) is 0.167. The molecule has 0 saturated heterocycles. The lowest BCUT2D eigenvalue weighted by molar-refractivity contribution is -0.113. The summed E-state index contributed by atoms with van der Waals surface area (Å²) >= 11 is 1.18. The van der Waals surface area contributed by atoms with Gasteiger partial charge in [0.25, 0.3) is 5.22 Å². The van der Waals surface area contributed by atoms with Crippen molar-refractivity contribution in [3.63, 3.8) is 0 Å². The molecule has 132 valence electrons. The van der Waals surface area contributed by atoms with Crippen LogP contribution in [-0.4, -0.2) is 35.1 Å². The Kier molecular flexibility index (Phi) is 4.74. The summed E-state index contributed by atoms with van der Waals surface area (Å²) < 4.78 is 16.5. The van der Waals surface area contributed by atoms with Crippen LogP contribution >= 0.6 is 11.8 Å². The van der Waals surface area contributed by atoms with Crippen molar-refractivity contribution in [1.82, 2.24) is 10.2 Å². The van der Waals surface area contributed by atoms with E-state index in [1.165, 1.54) is 11.8 Å². The molecule has 0 unspecified atom stereocenters. The molecule has 1 amide bonds. The topological polar surface area (TPSA) is 86.5 Å². The molecule has 1 aliphatic heterocycles. The van der Waals surface area contributed by atoms with Crippen molar-refractivity contribution in [2.24, 2.45) is 0 Å². The van der Waals surface area contributed by atoms with Crippen LogP contribution in [0.3, 0.4) is 0 Å². The number of anilines is 1. The number of hydrogen-bond donors (Lipinski definition) is 1. The second-order valence-electron chi connectivity index (χ2n) is 5.43. The predicted molar refractivity (Wildman–Crippen MR) is 96.5 cm³/mol. The van der Waals surface area contributed by atoms with E-state index < -0.39 is 0 Å². The molecular formula is C18H15N3O4S. The van der Waals surface area contributed by atoms with Gasteiger partial charge in [-0.3, -0.25) is 4.79 Å². The van der Waals surface area contributed by atoms with E-state index >= 15 is 0 Å². The maximum absolute atomic E-state index is 12.1. The van der Waals surface area contributed by atoms with Gasteiger partial charge in [-0.25, -0.2) is 0 Å². The van der Waals surface area contributed by atoms with Crippen LogP contribution in [0.1, 0.15) is 0 Å². The number of rotatable bonds is 5. The van der Waals surface area contributed by atoms with E-state index in [0.29, 0.717) is 41.5 Å². The molecule has 0 radical (unpaired) electrons. The molecular weight excluding hydrogens is 354 g/mol. The Balaban J connectivity index is 1.34. The minimum atomic E-state index is -0.175. The molecule has 3 aromatic rings. The number of ether oxygens (including phenoxy) is 2. The fourth-order valence-electron chi connectivity index (χ4n) is 2.41. The van der Waals surface area contributed by atoms with Crippen molar-refractivity contribution in [2.45, 2.75) is 5.22 Å². The van der Waals surface area contributed by atoms with Gasteiger partial charge in [0.05, 0.1) is 5.75 Å². The van der Waals surface area contributed by atoms with E-state index in [2.05, 4.69) is 15.5 Å². The van der Waals surface area contributed by atoms with Crippen LogP contribution in [0.5, 0.6) is 11.5 Å². The molecule has 7 nitrogen and oxygen atoms in total. The second-order valence-corrected chi connectivity index (χ2v) is 6.36. The highest BCUT2D eigenvalue weighted by molar-refractivity contribution is 7.99. The highest BCUT2D eigenvalue weighted by Crippen LogP contribution is 2.32. The molecule has 2 heterocycles. The number of fused-ring (bicyclic) bond motifs is 1. The van der Waals surface area contributed by atoms with Gasteiger partial charge in [0, 0.05) is 17.3 Å². The van der Waals surface area contributed by atoms with Crippen LogP contribution in [0.25, 0.3) is 11.5 Å². The Morgan fingerprint density at radius 2 is 1.85 bits per heavy atom. The first-order valence-corrected chi connectivity index (χ1v) is 8.98. The zero-order chi connectivity index (χ0) is 17.8. The number of aromatic nitrogens is 2. The highest BCUT2D eigenvalue weighted by atomic mass is 32.2. The Hall–Kier alpha value is -3.00. The molecule has 0 spiro atoms. The lowest BCUT2D eigenvalue weighted by atomic mass is 10.2. The first kappa shape index (κ1) is 16.5. The van der Waals surface area contributed by atoms with Crippen molar-refractivity contribution in [1.29, 1.82) is 0 Å². The number of amides is 1. The zero-order valence-electron chi connectivity index (χ0n) is 13.7. The summed E-state index contributed by atoms with van der Waals surface area (Å²) in [5, 5.41) is 11.1. The molecule has 1 N–H and O–H groups in total. The molecule has 1 aromatic heterocycles. The third kappa shape index (κ3) is 3.80. The van der Waals surface area contributed by atoms with E-state index in [1.54, 1.807) is 18.2 Å². The van der Waals surface area contributed by atoms with Crippen molar-refractivity contribution in [3.8, 4) is 23.0 Å². The summed E-state index contributed by atoms with van der Waals surface area (Å²) in [6.45, 7) is 1.03. The predicted octanol–water partition coefficient (Wildman–Crippen LogP) is 3.24. The van der Waals surface area contributed by atoms with E-state index in [9.17, 15) is 4.79 Å². The average Bonchev–Trinajstić information content (AvgIpc) is 3.16. The maximum Gasteiger partial charge on any atom is 0.277 e. The summed E-state index contributed by atoms with van der Waals surface area (Å²) in [6, 6.07) is 14.8. The number of carbonyl (C=O) groups excluding carboxylic acids is 1. The monoisotopic (exact) mass is 369 g/mol. The largest absolute Gasteiger partial charge is 0.486 e. The summed E-state index contributed by atoms with van der Waals surface area (Å²) in [7, 11) is 0. The maximum atomic E-state index is 12.1. The SMILES string of the molecule is O=C(CSc1nnc(-c2ccccc2)o1)Nc1ccc2c(c1)OCCO2. The number of nitrogens with one attached hydrogen (secondary N) is 1. The summed E-state index contributed by atoms with van der Waals surface area (Å²) in [6.07, 6.45) is 0. The zero-order valence-corrected chi connectivity index (χ0v) is 14.5. The minimum absolute atomic E-state index is 0.158. The lowest BCUT2D eigenvalue weighted by Crippen LogP contribution is -2.17. The fourth-order valence-corrected chi connectivity index (χ4v) is 2.97. The van der Waals surface area contributed by atoms with Gasteiger partial charge < -0.3 is 19.2 Å². The van der Waals surface area contributed by atoms with Crippen molar-refractivity contribution < 1.29 is 18.7 Å². The highest BCUT2D eigenvalue weighted by Gasteiger charge is 2.14. The van der Waals surface area contributed by atoms with Gasteiger partial charge >= 0.3 is 0 Å². The third-order valence-electron chi connectivity index (χ3n) is 3.58. The summed E-state index contributed by atoms with van der Waals surface area (Å²) in [5.41, 5.74) is 1.49. The van der Waals surface area contributed by atoms with Crippen molar-refractivity contribution >= 4 is 23.4 Å². The quantitative estimate of drug-likeness (QED) is 0.691. The molecule has 1 aliphatic rings. The van der Waals surface area contributed by atoms with Gasteiger partial charge in [-0.1, -0.05) is 30.0 Å². The van der Waals surface area contributed by atoms with Crippen LogP contribution in [-0.2, 0) is 4.79 Å². The van der Waals surface area contributed by atoms with Crippen molar-refractivity contribution in [2.75, 3.05) is 24.3 Å². The normalized spacial score (nSPS) is 12.6. The van der Waals surface area contributed by atoms with Gasteiger partial charge in [0.15, 0.2) is 11.5 Å². The minimum Gasteiger partial charge on any atom is -0.486 e. The van der Waals surface area contributed by atoms with Gasteiger partial charge in [-0.05, 0) is 24.3 Å². The number of hydrogen-bond acceptors (Lipinski definition) is 7. The smallest absolute Gasteiger partial charge is 0.277 e. The molecule has 4 rings (SSSR count). The lowest BCUT2D eigenvalue weighted by Gasteiger charge is -2.18. The molecule has 26 heavy (non-hydrogen) atoms. The van der Waals surface area contributed by atoms with Crippen molar-refractivity contribution in [3.05, 3.63) is 48.5 Å². The van der Waals surface area contributed by atoms with E-state index in [1.807, 2.05) is 30.3 Å². The number of benzene rings is 2. The standard InChI is InChI=1S/C18H15N3O4S/c22-16(19-13-6-7-14-15(10-13)24-9-8-23-14)11-26-18-21-20-17(25-18)12-4-2-1-3-5-12/h1-7,10H,8-9,11H2,(H,19,22). The Bertz CT molecular complexity index is 914. The number of carbonyl (C=O) groups is 1. The van der Waals surface area contributed by atoms with Crippen LogP contribution in [0.2, 0.25) is 0 Å². The first-order valence-electron chi connectivity index (χ1n) is 7.99. The molecule has 0 aliphatic carbocycles. The molecule has 0 fully saturated rings. The summed E-state index contributed by atoms with van der Waals surface area (Å²) in [4.78, 5) is 12.1. The van der Waals surface area contributed by atoms with E-state index in [-0.39, 0.29) is 11.7 Å². The van der Waals surface area contributed by atoms with Crippen LogP contribution in [0.15, 0.2) is 58.2 Å². The third-order valence-corrected chi connectivity index (χ3v) is 4.40. The second kappa shape index (κ2) is 7.49. The van der Waals surface area contributed by atoms with Gasteiger partial charge in [-0.15, -0.1) is 10.2 Å². The molecule has 2 aromatic carbocycles. The van der Waals surface area contributed by atoms with E-state index in [4.69, 9.17) is 13.9 Å². The molecule has 0 atom stereocenters. The van der Waals surface area contributed by atoms with Gasteiger partial charge in [0.1, 0.15) is 13.2 Å². The first-order chi connectivity index (χ1) is 12.8. The number of nitrogens with zero attached hydrogens (tertiary/aromatic N) is 2. The number of thioether (sulfide) groups is 1. The summed E-state index contributed by atoms with van der Waals surface area (Å²) in [5.74, 6) is 1.73. The molecule has 8 heteroatoms. The van der Waals surface area contributed by atoms with Gasteiger partial charge in [0.2, 0.25) is 11.8 Å². The molecule has 0 bridgehead atoms. The Labute approximate surface area is 153 Å². The van der Waals surface area contributed by atoms with Crippen LogP contribution in [0, 0.1) is 0 Å². The Morgan fingerprint density at radius 3 is 2.69 bits per heavy atom. The average molecular weight is 369 g/mol. The van der Waals surface area contributed by atoms with Crippen LogP contribution in [0.4, 0.5) is 5.69 Å². The van der Waals surface area contributed by atoms with E-state index in [0.717, 1.165) is 5.56 Å². The van der Waals surface area contributed by atoms with Gasteiger partial charge in [-0.2, -0.15) is 0 Å². The van der Waals surface area contributed by atoms with Crippen LogP contribution < -0.4 is 14.8 Å². The Morgan fingerprint density at radius 1 is 1.04 bits per heavy atom. The molecule has 0 saturated carbocycles.